The van der Waals surface area contributed by atoms with E-state index in [1.54, 1.807) is 0 Å². The summed E-state index contributed by atoms with van der Waals surface area (Å²) in [7, 11) is 2.07. The molecule has 0 aromatic carbocycles. The van der Waals surface area contributed by atoms with E-state index in [1.165, 1.54) is 0 Å². The molecular weight excluding hydrogens is 332 g/mol. The van der Waals surface area contributed by atoms with E-state index >= 15 is 0 Å². The van der Waals surface area contributed by atoms with Crippen molar-refractivity contribution in [2.75, 3.05) is 66.1 Å². The fourth-order valence-electron chi connectivity index (χ4n) is 4.77. The van der Waals surface area contributed by atoms with Crippen molar-refractivity contribution in [3.63, 3.8) is 0 Å². The lowest BCUT2D eigenvalue weighted by Gasteiger charge is -2.40. The first-order valence-corrected chi connectivity index (χ1v) is 10.1. The molecule has 0 aromatic rings. The summed E-state index contributed by atoms with van der Waals surface area (Å²) in [6.45, 7) is 10.9. The molecule has 7 nitrogen and oxygen atoms in total. The van der Waals surface area contributed by atoms with E-state index < -0.39 is 0 Å². The standard InChI is InChI=1S/C19H34N4O3/c1-4-21(5-2)18(25)23-8-6-19(7-9-23)14-16(20(3)15-19)17(24)22-10-12-26-13-11-22/h16H,4-15H2,1-3H3. The highest BCUT2D eigenvalue weighted by Crippen LogP contribution is 2.43. The Bertz CT molecular complexity index is 509. The van der Waals surface area contributed by atoms with Gasteiger partial charge in [-0.3, -0.25) is 9.69 Å². The number of amides is 3. The Morgan fingerprint density at radius 1 is 1.04 bits per heavy atom. The van der Waals surface area contributed by atoms with Crippen LogP contribution in [-0.2, 0) is 9.53 Å². The summed E-state index contributed by atoms with van der Waals surface area (Å²) in [5.41, 5.74) is 0.182. The maximum absolute atomic E-state index is 12.9. The minimum absolute atomic E-state index is 0.0156. The maximum atomic E-state index is 12.9. The van der Waals surface area contributed by atoms with Gasteiger partial charge < -0.3 is 19.4 Å². The summed E-state index contributed by atoms with van der Waals surface area (Å²) < 4.78 is 5.37. The van der Waals surface area contributed by atoms with Crippen molar-refractivity contribution in [2.24, 2.45) is 5.41 Å². The fourth-order valence-corrected chi connectivity index (χ4v) is 4.77. The Morgan fingerprint density at radius 3 is 2.23 bits per heavy atom. The molecule has 3 rings (SSSR count). The maximum Gasteiger partial charge on any atom is 0.319 e. The van der Waals surface area contributed by atoms with Crippen LogP contribution in [0.3, 0.4) is 0 Å². The van der Waals surface area contributed by atoms with Gasteiger partial charge in [-0.15, -0.1) is 0 Å². The molecule has 3 saturated heterocycles. The largest absolute Gasteiger partial charge is 0.378 e. The molecule has 1 spiro atoms. The van der Waals surface area contributed by atoms with Crippen molar-refractivity contribution < 1.29 is 14.3 Å². The number of nitrogens with zero attached hydrogens (tertiary/aromatic N) is 4. The van der Waals surface area contributed by atoms with Gasteiger partial charge in [0.25, 0.3) is 0 Å². The number of likely N-dealkylation sites (tertiary alicyclic amines) is 2. The number of rotatable bonds is 3. The Morgan fingerprint density at radius 2 is 1.65 bits per heavy atom. The highest BCUT2D eigenvalue weighted by Gasteiger charge is 2.48. The number of carbonyl (C=O) groups is 2. The molecule has 3 heterocycles. The van der Waals surface area contributed by atoms with Crippen molar-refractivity contribution >= 4 is 11.9 Å². The van der Waals surface area contributed by atoms with Gasteiger partial charge in [0.1, 0.15) is 0 Å². The number of piperidine rings is 1. The number of urea groups is 1. The Balaban J connectivity index is 1.57. The molecular formula is C19H34N4O3. The van der Waals surface area contributed by atoms with Crippen LogP contribution in [0.2, 0.25) is 0 Å². The van der Waals surface area contributed by atoms with E-state index in [4.69, 9.17) is 4.74 Å². The summed E-state index contributed by atoms with van der Waals surface area (Å²) in [5, 5.41) is 0. The zero-order valence-corrected chi connectivity index (χ0v) is 16.6. The number of morpholine rings is 1. The third kappa shape index (κ3) is 3.83. The second-order valence-corrected chi connectivity index (χ2v) is 8.01. The van der Waals surface area contributed by atoms with E-state index in [1.807, 2.05) is 28.5 Å². The SMILES string of the molecule is CCN(CC)C(=O)N1CCC2(CC1)CC(C(=O)N1CCOCC1)N(C)C2. The zero-order valence-electron chi connectivity index (χ0n) is 16.6. The highest BCUT2D eigenvalue weighted by atomic mass is 16.5. The van der Waals surface area contributed by atoms with Crippen LogP contribution in [0.5, 0.6) is 0 Å². The molecule has 1 atom stereocenters. The molecule has 3 amide bonds. The van der Waals surface area contributed by atoms with Crippen molar-refractivity contribution in [2.45, 2.75) is 39.2 Å². The molecule has 7 heteroatoms. The summed E-state index contributed by atoms with van der Waals surface area (Å²) in [6.07, 6.45) is 2.92. The van der Waals surface area contributed by atoms with Gasteiger partial charge in [0, 0.05) is 45.8 Å². The number of ether oxygens (including phenoxy) is 1. The van der Waals surface area contributed by atoms with Gasteiger partial charge in [-0.1, -0.05) is 0 Å². The van der Waals surface area contributed by atoms with E-state index in [9.17, 15) is 9.59 Å². The van der Waals surface area contributed by atoms with Crippen molar-refractivity contribution in [3.05, 3.63) is 0 Å². The molecule has 0 saturated carbocycles. The predicted molar refractivity (Wildman–Crippen MR) is 100.0 cm³/mol. The topological polar surface area (TPSA) is 56.3 Å². The van der Waals surface area contributed by atoms with Crippen molar-refractivity contribution in [1.29, 1.82) is 0 Å². The Labute approximate surface area is 157 Å². The number of hydrogen-bond donors (Lipinski definition) is 0. The summed E-state index contributed by atoms with van der Waals surface area (Å²) >= 11 is 0. The van der Waals surface area contributed by atoms with Gasteiger partial charge in [0.05, 0.1) is 19.3 Å². The van der Waals surface area contributed by atoms with Crippen LogP contribution in [0, 0.1) is 5.41 Å². The Hall–Kier alpha value is -1.34. The van der Waals surface area contributed by atoms with E-state index in [0.29, 0.717) is 26.3 Å². The summed E-state index contributed by atoms with van der Waals surface area (Å²) in [4.78, 5) is 33.6. The van der Waals surface area contributed by atoms with Gasteiger partial charge in [-0.25, -0.2) is 4.79 Å². The average molecular weight is 367 g/mol. The van der Waals surface area contributed by atoms with Crippen LogP contribution in [0.15, 0.2) is 0 Å². The van der Waals surface area contributed by atoms with E-state index in [0.717, 1.165) is 52.0 Å². The molecule has 0 N–H and O–H groups in total. The minimum atomic E-state index is -0.0156. The van der Waals surface area contributed by atoms with Crippen LogP contribution < -0.4 is 0 Å². The molecule has 3 fully saturated rings. The quantitative estimate of drug-likeness (QED) is 0.750. The van der Waals surface area contributed by atoms with E-state index in [-0.39, 0.29) is 23.4 Å². The number of carbonyl (C=O) groups excluding carboxylic acids is 2. The molecule has 0 bridgehead atoms. The van der Waals surface area contributed by atoms with Gasteiger partial charge in [0.15, 0.2) is 0 Å². The lowest BCUT2D eigenvalue weighted by Crippen LogP contribution is -2.49. The predicted octanol–water partition coefficient (Wildman–Crippen LogP) is 1.09. The molecule has 148 valence electrons. The van der Waals surface area contributed by atoms with Crippen LogP contribution >= 0.6 is 0 Å². The molecule has 3 aliphatic heterocycles. The minimum Gasteiger partial charge on any atom is -0.378 e. The fraction of sp³-hybridized carbons (Fsp3) is 0.895. The first kappa shape index (κ1) is 19.4. The molecule has 26 heavy (non-hydrogen) atoms. The van der Waals surface area contributed by atoms with Crippen LogP contribution in [0.25, 0.3) is 0 Å². The second kappa shape index (κ2) is 8.13. The monoisotopic (exact) mass is 366 g/mol. The van der Waals surface area contributed by atoms with Crippen LogP contribution in [0.1, 0.15) is 33.1 Å². The number of hydrogen-bond acceptors (Lipinski definition) is 4. The van der Waals surface area contributed by atoms with Crippen molar-refractivity contribution in [1.82, 2.24) is 19.6 Å². The average Bonchev–Trinajstić information content (AvgIpc) is 2.99. The van der Waals surface area contributed by atoms with Crippen molar-refractivity contribution in [3.8, 4) is 0 Å². The first-order valence-electron chi connectivity index (χ1n) is 10.1. The molecule has 3 aliphatic rings. The molecule has 0 aromatic heterocycles. The first-order chi connectivity index (χ1) is 12.5. The normalized spacial score (nSPS) is 26.3. The summed E-state index contributed by atoms with van der Waals surface area (Å²) in [6, 6.07) is 0.148. The lowest BCUT2D eigenvalue weighted by molar-refractivity contribution is -0.139. The molecule has 0 radical (unpaired) electrons. The lowest BCUT2D eigenvalue weighted by atomic mass is 9.76. The summed E-state index contributed by atoms with van der Waals surface area (Å²) in [5.74, 6) is 0.259. The van der Waals surface area contributed by atoms with E-state index in [2.05, 4.69) is 11.9 Å². The van der Waals surface area contributed by atoms with Gasteiger partial charge in [-0.05, 0) is 45.6 Å². The van der Waals surface area contributed by atoms with Gasteiger partial charge in [-0.2, -0.15) is 0 Å². The van der Waals surface area contributed by atoms with Crippen LogP contribution in [0.4, 0.5) is 4.79 Å². The smallest absolute Gasteiger partial charge is 0.319 e. The third-order valence-corrected chi connectivity index (χ3v) is 6.48. The Kier molecular flexibility index (Phi) is 6.07. The third-order valence-electron chi connectivity index (χ3n) is 6.48. The van der Waals surface area contributed by atoms with Crippen LogP contribution in [-0.4, -0.2) is 104 Å². The second-order valence-electron chi connectivity index (χ2n) is 8.01. The molecule has 1 unspecified atom stereocenters. The van der Waals surface area contributed by atoms with Gasteiger partial charge in [0.2, 0.25) is 5.91 Å². The highest BCUT2D eigenvalue weighted by molar-refractivity contribution is 5.82. The zero-order chi connectivity index (χ0) is 18.7. The van der Waals surface area contributed by atoms with Gasteiger partial charge >= 0.3 is 6.03 Å². The molecule has 0 aliphatic carbocycles. The number of likely N-dealkylation sites (N-methyl/N-ethyl adjacent to an activating group) is 1.